The van der Waals surface area contributed by atoms with Crippen molar-refractivity contribution >= 4 is 27.0 Å². The topological polar surface area (TPSA) is 47.1 Å². The number of nitrogens with one attached hydrogen (secondary N) is 1. The molecule has 4 nitrogen and oxygen atoms in total. The van der Waals surface area contributed by atoms with Gasteiger partial charge in [-0.25, -0.2) is 4.98 Å². The number of nitrogens with zero attached hydrogens (tertiary/aromatic N) is 1. The van der Waals surface area contributed by atoms with Crippen molar-refractivity contribution in [1.29, 1.82) is 0 Å². The number of aromatic nitrogens is 2. The van der Waals surface area contributed by atoms with Gasteiger partial charge >= 0.3 is 6.18 Å². The van der Waals surface area contributed by atoms with Gasteiger partial charge in [0.2, 0.25) is 0 Å². The molecule has 3 aromatic rings. The van der Waals surface area contributed by atoms with Crippen LogP contribution in [0.5, 0.6) is 11.5 Å². The van der Waals surface area contributed by atoms with Crippen molar-refractivity contribution in [3.63, 3.8) is 0 Å². The quantitative estimate of drug-likeness (QED) is 0.670. The van der Waals surface area contributed by atoms with Gasteiger partial charge in [0, 0.05) is 10.0 Å². The van der Waals surface area contributed by atoms with Crippen LogP contribution in [0.25, 0.3) is 22.4 Å². The first-order chi connectivity index (χ1) is 11.3. The van der Waals surface area contributed by atoms with E-state index in [1.165, 1.54) is 20.3 Å². The van der Waals surface area contributed by atoms with Gasteiger partial charge in [-0.15, -0.1) is 0 Å². The highest BCUT2D eigenvalue weighted by Crippen LogP contribution is 2.38. The lowest BCUT2D eigenvalue weighted by Gasteiger charge is -2.08. The number of methoxy groups -OCH3 is 2. The maximum atomic E-state index is 13.0. The van der Waals surface area contributed by atoms with Gasteiger partial charge in [-0.3, -0.25) is 0 Å². The van der Waals surface area contributed by atoms with E-state index in [1.807, 2.05) is 0 Å². The number of benzene rings is 2. The summed E-state index contributed by atoms with van der Waals surface area (Å²) in [4.78, 5) is 7.26. The van der Waals surface area contributed by atoms with Gasteiger partial charge in [-0.1, -0.05) is 15.9 Å². The van der Waals surface area contributed by atoms with Crippen LogP contribution in [-0.4, -0.2) is 24.2 Å². The van der Waals surface area contributed by atoms with E-state index in [4.69, 9.17) is 9.47 Å². The molecule has 0 aliphatic heterocycles. The van der Waals surface area contributed by atoms with Gasteiger partial charge < -0.3 is 14.5 Å². The Balaban J connectivity index is 2.11. The number of aromatic amines is 1. The van der Waals surface area contributed by atoms with E-state index in [2.05, 4.69) is 25.9 Å². The fourth-order valence-electron chi connectivity index (χ4n) is 2.37. The van der Waals surface area contributed by atoms with Gasteiger partial charge in [0.25, 0.3) is 0 Å². The van der Waals surface area contributed by atoms with E-state index in [9.17, 15) is 13.2 Å². The zero-order valence-electron chi connectivity index (χ0n) is 12.7. The minimum atomic E-state index is -4.44. The summed E-state index contributed by atoms with van der Waals surface area (Å²) in [5.41, 5.74) is 0.654. The monoisotopic (exact) mass is 400 g/mol. The second-order valence-corrected chi connectivity index (χ2v) is 5.86. The first-order valence-electron chi connectivity index (χ1n) is 6.82. The van der Waals surface area contributed by atoms with E-state index in [0.29, 0.717) is 33.9 Å². The third-order valence-electron chi connectivity index (χ3n) is 3.53. The van der Waals surface area contributed by atoms with Gasteiger partial charge in [-0.05, 0) is 30.3 Å². The van der Waals surface area contributed by atoms with E-state index < -0.39 is 11.7 Å². The third kappa shape index (κ3) is 2.93. The maximum Gasteiger partial charge on any atom is 0.417 e. The highest BCUT2D eigenvalue weighted by Gasteiger charge is 2.33. The summed E-state index contributed by atoms with van der Waals surface area (Å²) in [5, 5.41) is 0. The van der Waals surface area contributed by atoms with Crippen LogP contribution in [-0.2, 0) is 6.18 Å². The Morgan fingerprint density at radius 3 is 2.38 bits per heavy atom. The lowest BCUT2D eigenvalue weighted by atomic mass is 10.2. The van der Waals surface area contributed by atoms with Crippen LogP contribution in [0.15, 0.2) is 34.8 Å². The number of H-pyrrole nitrogens is 1. The summed E-state index contributed by atoms with van der Waals surface area (Å²) in [7, 11) is 3.03. The predicted octanol–water partition coefficient (Wildman–Crippen LogP) is 5.03. The van der Waals surface area contributed by atoms with Crippen LogP contribution >= 0.6 is 15.9 Å². The van der Waals surface area contributed by atoms with Crippen molar-refractivity contribution in [3.8, 4) is 22.9 Å². The van der Waals surface area contributed by atoms with Crippen LogP contribution in [0.2, 0.25) is 0 Å². The van der Waals surface area contributed by atoms with Crippen LogP contribution in [0, 0.1) is 0 Å². The number of rotatable bonds is 3. The molecule has 0 saturated carbocycles. The molecule has 8 heteroatoms. The number of ether oxygens (including phenoxy) is 2. The zero-order valence-corrected chi connectivity index (χ0v) is 14.2. The standard InChI is InChI=1S/C16H12BrF3N2O2/c1-23-13-4-3-8(5-14(13)24-2)15-21-11-6-9(16(18,19)20)10(17)7-12(11)22-15/h3-7H,1-2H3,(H,21,22). The number of alkyl halides is 3. The molecule has 0 unspecified atom stereocenters. The fraction of sp³-hybridized carbons (Fsp3) is 0.188. The van der Waals surface area contributed by atoms with Gasteiger partial charge in [0.1, 0.15) is 5.82 Å². The van der Waals surface area contributed by atoms with Crippen molar-refractivity contribution in [2.45, 2.75) is 6.18 Å². The van der Waals surface area contributed by atoms with Crippen molar-refractivity contribution < 1.29 is 22.6 Å². The molecule has 0 atom stereocenters. The van der Waals surface area contributed by atoms with Gasteiger partial charge in [-0.2, -0.15) is 13.2 Å². The molecule has 0 aliphatic carbocycles. The van der Waals surface area contributed by atoms with E-state index in [-0.39, 0.29) is 4.47 Å². The fourth-order valence-corrected chi connectivity index (χ4v) is 2.92. The summed E-state index contributed by atoms with van der Waals surface area (Å²) in [6.45, 7) is 0. The molecular formula is C16H12BrF3N2O2. The van der Waals surface area contributed by atoms with Crippen molar-refractivity contribution in [3.05, 3.63) is 40.4 Å². The first kappa shape index (κ1) is 16.6. The Bertz CT molecular complexity index is 906. The molecule has 0 amide bonds. The number of hydrogen-bond donors (Lipinski definition) is 1. The molecule has 0 bridgehead atoms. The lowest BCUT2D eigenvalue weighted by molar-refractivity contribution is -0.138. The zero-order chi connectivity index (χ0) is 17.5. The largest absolute Gasteiger partial charge is 0.493 e. The average molecular weight is 401 g/mol. The summed E-state index contributed by atoms with van der Waals surface area (Å²) >= 11 is 2.95. The number of halogens is 4. The highest BCUT2D eigenvalue weighted by molar-refractivity contribution is 9.10. The van der Waals surface area contributed by atoms with E-state index >= 15 is 0 Å². The van der Waals surface area contributed by atoms with E-state index in [0.717, 1.165) is 6.07 Å². The van der Waals surface area contributed by atoms with Crippen LogP contribution < -0.4 is 9.47 Å². The molecule has 0 aliphatic rings. The molecular weight excluding hydrogens is 389 g/mol. The molecule has 24 heavy (non-hydrogen) atoms. The molecule has 0 spiro atoms. The summed E-state index contributed by atoms with van der Waals surface area (Å²) in [6.07, 6.45) is -4.44. The maximum absolute atomic E-state index is 13.0. The Labute approximate surface area is 143 Å². The SMILES string of the molecule is COc1ccc(-c2nc3cc(Br)c(C(F)(F)F)cc3[nH]2)cc1OC. The molecule has 126 valence electrons. The predicted molar refractivity (Wildman–Crippen MR) is 87.3 cm³/mol. The molecule has 1 heterocycles. The Hall–Kier alpha value is -2.22. The smallest absolute Gasteiger partial charge is 0.417 e. The first-order valence-corrected chi connectivity index (χ1v) is 7.61. The molecule has 0 radical (unpaired) electrons. The van der Waals surface area contributed by atoms with Crippen molar-refractivity contribution in [1.82, 2.24) is 9.97 Å². The average Bonchev–Trinajstić information content (AvgIpc) is 2.95. The summed E-state index contributed by atoms with van der Waals surface area (Å²) < 4.78 is 49.3. The van der Waals surface area contributed by atoms with Crippen LogP contribution in [0.1, 0.15) is 5.56 Å². The Morgan fingerprint density at radius 2 is 1.75 bits per heavy atom. The van der Waals surface area contributed by atoms with Crippen molar-refractivity contribution in [2.75, 3.05) is 14.2 Å². The minimum Gasteiger partial charge on any atom is -0.493 e. The Morgan fingerprint density at radius 1 is 1.04 bits per heavy atom. The second-order valence-electron chi connectivity index (χ2n) is 5.00. The highest BCUT2D eigenvalue weighted by atomic mass is 79.9. The summed E-state index contributed by atoms with van der Waals surface area (Å²) in [6, 6.07) is 7.54. The molecule has 3 rings (SSSR count). The second kappa shape index (κ2) is 6.01. The minimum absolute atomic E-state index is 0.0483. The number of hydrogen-bond acceptors (Lipinski definition) is 3. The molecule has 1 N–H and O–H groups in total. The molecule has 0 saturated heterocycles. The summed E-state index contributed by atoms with van der Waals surface area (Å²) in [5.74, 6) is 1.50. The van der Waals surface area contributed by atoms with E-state index in [1.54, 1.807) is 18.2 Å². The lowest BCUT2D eigenvalue weighted by Crippen LogP contribution is -2.05. The number of imidazole rings is 1. The third-order valence-corrected chi connectivity index (χ3v) is 4.19. The normalized spacial score (nSPS) is 11.8. The Kier molecular flexibility index (Phi) is 4.16. The van der Waals surface area contributed by atoms with Gasteiger partial charge in [0.05, 0.1) is 30.8 Å². The molecule has 1 aromatic heterocycles. The number of fused-ring (bicyclic) bond motifs is 1. The van der Waals surface area contributed by atoms with Crippen LogP contribution in [0.3, 0.4) is 0 Å². The van der Waals surface area contributed by atoms with Crippen LogP contribution in [0.4, 0.5) is 13.2 Å². The van der Waals surface area contributed by atoms with Gasteiger partial charge in [0.15, 0.2) is 11.5 Å². The molecule has 0 fully saturated rings. The molecule has 2 aromatic carbocycles. The van der Waals surface area contributed by atoms with Crippen molar-refractivity contribution in [2.24, 2.45) is 0 Å².